The van der Waals surface area contributed by atoms with Gasteiger partial charge in [-0.05, 0) is 43.2 Å². The largest absolute Gasteiger partial charge is 0.504 e. The maximum atomic E-state index is 13.2. The third kappa shape index (κ3) is 4.35. The Hall–Kier alpha value is -3.98. The molecule has 2 aromatic carbocycles. The number of hydrogen-bond acceptors (Lipinski definition) is 8. The van der Waals surface area contributed by atoms with Gasteiger partial charge in [0.1, 0.15) is 5.01 Å². The molecule has 0 saturated carbocycles. The Morgan fingerprint density at radius 3 is 2.61 bits per heavy atom. The number of ether oxygens (including phenoxy) is 1. The van der Waals surface area contributed by atoms with Crippen LogP contribution in [0.2, 0.25) is 0 Å². The van der Waals surface area contributed by atoms with Gasteiger partial charge in [-0.2, -0.15) is 0 Å². The van der Waals surface area contributed by atoms with Gasteiger partial charge in [0.15, 0.2) is 23.0 Å². The van der Waals surface area contributed by atoms with Crippen molar-refractivity contribution in [2.24, 2.45) is 0 Å². The average molecular weight is 464 g/mol. The predicted molar refractivity (Wildman–Crippen MR) is 124 cm³/mol. The van der Waals surface area contributed by atoms with E-state index in [2.05, 4.69) is 10.2 Å². The van der Waals surface area contributed by atoms with Crippen molar-refractivity contribution in [2.45, 2.75) is 19.9 Å². The fraction of sp³-hybridized carbons (Fsp3) is 0.167. The van der Waals surface area contributed by atoms with Gasteiger partial charge in [0.05, 0.1) is 18.2 Å². The first-order chi connectivity index (χ1) is 15.9. The maximum Gasteiger partial charge on any atom is 0.296 e. The number of phenols is 1. The van der Waals surface area contributed by atoms with Crippen LogP contribution < -0.4 is 9.64 Å². The van der Waals surface area contributed by atoms with E-state index in [1.165, 1.54) is 28.4 Å². The molecule has 0 radical (unpaired) electrons. The van der Waals surface area contributed by atoms with Crippen LogP contribution >= 0.6 is 11.3 Å². The molecule has 1 aliphatic rings. The number of allylic oxidation sites excluding steroid dienone is 1. The van der Waals surface area contributed by atoms with Gasteiger partial charge in [-0.25, -0.2) is 0 Å². The zero-order valence-corrected chi connectivity index (χ0v) is 18.7. The standard InChI is InChI=1S/C24H21N3O5S/c1-3-32-19-13-16(10-12-17(19)28)21-20(18(29)11-9-15-7-5-4-6-8-15)22(30)23(31)27(21)24-26-25-14(2)33-24/h4-13,21,28,30H,3H2,1-2H3. The van der Waals surface area contributed by atoms with Gasteiger partial charge in [0.25, 0.3) is 5.91 Å². The molecule has 9 heteroatoms. The fourth-order valence-corrected chi connectivity index (χ4v) is 4.27. The van der Waals surface area contributed by atoms with Gasteiger partial charge in [-0.3, -0.25) is 14.5 Å². The van der Waals surface area contributed by atoms with Crippen molar-refractivity contribution in [3.8, 4) is 11.5 Å². The number of aliphatic hydroxyl groups is 1. The number of nitrogens with zero attached hydrogens (tertiary/aromatic N) is 3. The molecule has 1 aromatic heterocycles. The van der Waals surface area contributed by atoms with Crippen LogP contribution in [0.15, 0.2) is 65.9 Å². The number of benzene rings is 2. The van der Waals surface area contributed by atoms with E-state index in [4.69, 9.17) is 4.74 Å². The summed E-state index contributed by atoms with van der Waals surface area (Å²) in [4.78, 5) is 27.5. The molecule has 168 valence electrons. The topological polar surface area (TPSA) is 113 Å². The van der Waals surface area contributed by atoms with Crippen molar-refractivity contribution < 1.29 is 24.5 Å². The summed E-state index contributed by atoms with van der Waals surface area (Å²) in [6.07, 6.45) is 2.93. The molecule has 1 unspecified atom stereocenters. The molecule has 4 rings (SSSR count). The highest BCUT2D eigenvalue weighted by molar-refractivity contribution is 7.15. The lowest BCUT2D eigenvalue weighted by Gasteiger charge is -2.24. The van der Waals surface area contributed by atoms with Gasteiger partial charge in [-0.15, -0.1) is 10.2 Å². The molecule has 0 spiro atoms. The first kappa shape index (κ1) is 22.2. The van der Waals surface area contributed by atoms with Crippen molar-refractivity contribution in [3.63, 3.8) is 0 Å². The molecule has 0 saturated heterocycles. The number of anilines is 1. The molecule has 2 N–H and O–H groups in total. The first-order valence-corrected chi connectivity index (χ1v) is 11.0. The van der Waals surface area contributed by atoms with Crippen molar-refractivity contribution >= 4 is 34.2 Å². The van der Waals surface area contributed by atoms with Crippen LogP contribution in [0.3, 0.4) is 0 Å². The summed E-state index contributed by atoms with van der Waals surface area (Å²) in [5.74, 6) is -1.80. The summed E-state index contributed by atoms with van der Waals surface area (Å²) in [6.45, 7) is 3.83. The average Bonchev–Trinajstić information content (AvgIpc) is 3.35. The number of aryl methyl sites for hydroxylation is 1. The maximum absolute atomic E-state index is 13.2. The third-order valence-electron chi connectivity index (χ3n) is 5.02. The summed E-state index contributed by atoms with van der Waals surface area (Å²) < 4.78 is 5.48. The van der Waals surface area contributed by atoms with Gasteiger partial charge in [0, 0.05) is 0 Å². The number of rotatable bonds is 7. The van der Waals surface area contributed by atoms with E-state index in [0.717, 1.165) is 5.56 Å². The Balaban J connectivity index is 1.81. The van der Waals surface area contributed by atoms with E-state index in [1.54, 1.807) is 32.1 Å². The van der Waals surface area contributed by atoms with E-state index in [1.807, 2.05) is 30.3 Å². The Kier molecular flexibility index (Phi) is 6.23. The molecule has 1 amide bonds. The second-order valence-electron chi connectivity index (χ2n) is 7.21. The molecule has 2 heterocycles. The molecule has 3 aromatic rings. The minimum Gasteiger partial charge on any atom is -0.504 e. The lowest BCUT2D eigenvalue weighted by atomic mass is 9.95. The van der Waals surface area contributed by atoms with Crippen LogP contribution in [0.4, 0.5) is 5.13 Å². The molecule has 1 aliphatic heterocycles. The molecule has 0 bridgehead atoms. The van der Waals surface area contributed by atoms with E-state index >= 15 is 0 Å². The number of carbonyl (C=O) groups excluding carboxylic acids is 2. The predicted octanol–water partition coefficient (Wildman–Crippen LogP) is 4.13. The molecule has 8 nitrogen and oxygen atoms in total. The van der Waals surface area contributed by atoms with Crippen LogP contribution in [-0.2, 0) is 9.59 Å². The number of aromatic nitrogens is 2. The SMILES string of the molecule is CCOc1cc(C2C(C(=O)C=Cc3ccccc3)=C(O)C(=O)N2c2nnc(C)s2)ccc1O. The molecule has 0 fully saturated rings. The van der Waals surface area contributed by atoms with Gasteiger partial charge >= 0.3 is 0 Å². The second kappa shape index (κ2) is 9.25. The summed E-state index contributed by atoms with van der Waals surface area (Å²) in [6, 6.07) is 12.8. The Bertz CT molecular complexity index is 1270. The number of hydrogen-bond donors (Lipinski definition) is 2. The monoisotopic (exact) mass is 463 g/mol. The Morgan fingerprint density at radius 2 is 1.94 bits per heavy atom. The highest BCUT2D eigenvalue weighted by atomic mass is 32.1. The van der Waals surface area contributed by atoms with Crippen molar-refractivity contribution in [2.75, 3.05) is 11.5 Å². The van der Waals surface area contributed by atoms with Crippen molar-refractivity contribution in [1.29, 1.82) is 0 Å². The summed E-state index contributed by atoms with van der Waals surface area (Å²) in [5, 5.41) is 29.7. The van der Waals surface area contributed by atoms with Gasteiger partial charge < -0.3 is 14.9 Å². The number of aromatic hydroxyl groups is 1. The van der Waals surface area contributed by atoms with Crippen LogP contribution in [0.5, 0.6) is 11.5 Å². The minimum atomic E-state index is -0.974. The minimum absolute atomic E-state index is 0.0757. The van der Waals surface area contributed by atoms with Gasteiger partial charge in [0.2, 0.25) is 5.13 Å². The molecular weight excluding hydrogens is 442 g/mol. The number of ketones is 1. The van der Waals surface area contributed by atoms with Crippen LogP contribution in [-0.4, -0.2) is 38.7 Å². The van der Waals surface area contributed by atoms with E-state index in [0.29, 0.717) is 17.2 Å². The summed E-state index contributed by atoms with van der Waals surface area (Å²) in [5.41, 5.74) is 1.18. The van der Waals surface area contributed by atoms with Crippen molar-refractivity contribution in [3.05, 3.63) is 82.1 Å². The Morgan fingerprint density at radius 1 is 1.18 bits per heavy atom. The molecular formula is C24H21N3O5S. The highest BCUT2D eigenvalue weighted by Crippen LogP contribution is 2.43. The highest BCUT2D eigenvalue weighted by Gasteiger charge is 2.45. The number of aliphatic hydroxyl groups excluding tert-OH is 1. The first-order valence-electron chi connectivity index (χ1n) is 10.2. The van der Waals surface area contributed by atoms with Gasteiger partial charge in [-0.1, -0.05) is 53.8 Å². The zero-order chi connectivity index (χ0) is 23.5. The summed E-state index contributed by atoms with van der Waals surface area (Å²) >= 11 is 1.17. The summed E-state index contributed by atoms with van der Waals surface area (Å²) in [7, 11) is 0. The fourth-order valence-electron chi connectivity index (χ4n) is 3.55. The zero-order valence-electron chi connectivity index (χ0n) is 17.9. The molecule has 0 aliphatic carbocycles. The van der Waals surface area contributed by atoms with Crippen LogP contribution in [0.1, 0.15) is 29.1 Å². The molecule has 33 heavy (non-hydrogen) atoms. The third-order valence-corrected chi connectivity index (χ3v) is 5.86. The van der Waals surface area contributed by atoms with E-state index in [-0.39, 0.29) is 22.2 Å². The van der Waals surface area contributed by atoms with Crippen molar-refractivity contribution in [1.82, 2.24) is 10.2 Å². The lowest BCUT2D eigenvalue weighted by Crippen LogP contribution is -2.30. The molecule has 1 atom stereocenters. The lowest BCUT2D eigenvalue weighted by molar-refractivity contribution is -0.117. The normalized spacial score (nSPS) is 16.1. The number of phenolic OH excluding ortho intramolecular Hbond substituents is 1. The quantitative estimate of drug-likeness (QED) is 0.507. The number of carbonyl (C=O) groups is 2. The van der Waals surface area contributed by atoms with Crippen LogP contribution in [0, 0.1) is 6.92 Å². The smallest absolute Gasteiger partial charge is 0.296 e. The second-order valence-corrected chi connectivity index (χ2v) is 8.37. The Labute approximate surface area is 194 Å². The van der Waals surface area contributed by atoms with E-state index < -0.39 is 23.5 Å². The number of amides is 1. The van der Waals surface area contributed by atoms with Crippen LogP contribution in [0.25, 0.3) is 6.08 Å². The van der Waals surface area contributed by atoms with E-state index in [9.17, 15) is 19.8 Å².